The van der Waals surface area contributed by atoms with Gasteiger partial charge in [0.15, 0.2) is 23.3 Å². The lowest BCUT2D eigenvalue weighted by molar-refractivity contribution is -0.138. The van der Waals surface area contributed by atoms with Crippen molar-refractivity contribution >= 4 is 33.3 Å². The summed E-state index contributed by atoms with van der Waals surface area (Å²) in [5, 5.41) is 10.8. The summed E-state index contributed by atoms with van der Waals surface area (Å²) >= 11 is 1.44. The number of carbonyl (C=O) groups is 1. The van der Waals surface area contributed by atoms with E-state index in [4.69, 9.17) is 5.11 Å². The second-order valence-electron chi connectivity index (χ2n) is 6.78. The zero-order chi connectivity index (χ0) is 19.8. The highest BCUT2D eigenvalue weighted by Gasteiger charge is 2.25. The van der Waals surface area contributed by atoms with Gasteiger partial charge in [-0.3, -0.25) is 4.79 Å². The van der Waals surface area contributed by atoms with Crippen LogP contribution in [-0.2, 0) is 4.79 Å². The largest absolute Gasteiger partial charge is 0.481 e. The minimum Gasteiger partial charge on any atom is -0.481 e. The van der Waals surface area contributed by atoms with Crippen molar-refractivity contribution < 1.29 is 23.1 Å². The fourth-order valence-electron chi connectivity index (χ4n) is 3.47. The minimum atomic E-state index is -1.27. The quantitative estimate of drug-likeness (QED) is 0.647. The highest BCUT2D eigenvalue weighted by Crippen LogP contribution is 2.34. The molecule has 5 nitrogen and oxygen atoms in total. The lowest BCUT2D eigenvalue weighted by Crippen LogP contribution is -2.35. The molecule has 1 N–H and O–H groups in total. The van der Waals surface area contributed by atoms with E-state index >= 15 is 0 Å². The molecule has 2 aromatic heterocycles. The van der Waals surface area contributed by atoms with Crippen LogP contribution in [0.15, 0.2) is 23.6 Å². The molecular formula is C19H16F3N3O2S. The Morgan fingerprint density at radius 1 is 1.14 bits per heavy atom. The van der Waals surface area contributed by atoms with Gasteiger partial charge in [-0.15, -0.1) is 11.3 Å². The molecule has 9 heteroatoms. The summed E-state index contributed by atoms with van der Waals surface area (Å²) in [7, 11) is 0. The number of fused-ring (bicyclic) bond motifs is 1. The first-order chi connectivity index (χ1) is 13.4. The van der Waals surface area contributed by atoms with Crippen molar-refractivity contribution in [2.24, 2.45) is 5.92 Å². The Balaban J connectivity index is 1.71. The van der Waals surface area contributed by atoms with E-state index in [0.717, 1.165) is 10.8 Å². The summed E-state index contributed by atoms with van der Waals surface area (Å²) in [6.07, 6.45) is 1.55. The molecule has 0 atom stereocenters. The Hall–Kier alpha value is -2.68. The molecule has 1 aliphatic rings. The van der Waals surface area contributed by atoms with Gasteiger partial charge in [0.25, 0.3) is 0 Å². The zero-order valence-electron chi connectivity index (χ0n) is 14.7. The molecule has 0 amide bonds. The number of aromatic nitrogens is 2. The van der Waals surface area contributed by atoms with E-state index < -0.39 is 23.4 Å². The third kappa shape index (κ3) is 3.54. The number of anilines is 1. The fourth-order valence-corrected chi connectivity index (χ4v) is 4.32. The van der Waals surface area contributed by atoms with Gasteiger partial charge in [-0.05, 0) is 36.3 Å². The van der Waals surface area contributed by atoms with Crippen LogP contribution < -0.4 is 4.90 Å². The number of benzene rings is 1. The third-order valence-corrected chi connectivity index (χ3v) is 5.81. The van der Waals surface area contributed by atoms with Crippen LogP contribution in [0.2, 0.25) is 0 Å². The van der Waals surface area contributed by atoms with Crippen LogP contribution in [0.3, 0.4) is 0 Å². The van der Waals surface area contributed by atoms with Gasteiger partial charge in [-0.1, -0.05) is 0 Å². The van der Waals surface area contributed by atoms with Crippen LogP contribution in [0.4, 0.5) is 19.0 Å². The summed E-state index contributed by atoms with van der Waals surface area (Å²) in [6.45, 7) is 1.23. The van der Waals surface area contributed by atoms with Crippen LogP contribution in [0.1, 0.15) is 19.3 Å². The van der Waals surface area contributed by atoms with Gasteiger partial charge in [-0.2, -0.15) is 0 Å². The SMILES string of the molecule is O=C(O)CC1CCN(c2nc(-c3cc(F)c(F)cc3F)nc3ccsc23)CC1. The number of carboxylic acid groups (broad SMARTS) is 1. The van der Waals surface area contributed by atoms with Gasteiger partial charge in [0.1, 0.15) is 5.82 Å². The molecule has 146 valence electrons. The maximum absolute atomic E-state index is 14.2. The molecule has 3 aromatic rings. The van der Waals surface area contributed by atoms with Crippen molar-refractivity contribution in [2.45, 2.75) is 19.3 Å². The van der Waals surface area contributed by atoms with Gasteiger partial charge in [0, 0.05) is 25.6 Å². The maximum atomic E-state index is 14.2. The Labute approximate surface area is 162 Å². The summed E-state index contributed by atoms with van der Waals surface area (Å²) in [6, 6.07) is 3.02. The molecule has 0 saturated carbocycles. The highest BCUT2D eigenvalue weighted by atomic mass is 32.1. The molecule has 0 radical (unpaired) electrons. The third-order valence-electron chi connectivity index (χ3n) is 4.91. The standard InChI is InChI=1S/C19H16F3N3O2S/c20-12-9-14(22)13(21)8-11(12)18-23-15-3-6-28-17(15)19(24-18)25-4-1-10(2-5-25)7-16(26)27/h3,6,8-10H,1-2,4-5,7H2,(H,26,27). The Kier molecular flexibility index (Phi) is 4.92. The molecule has 4 rings (SSSR count). The molecule has 1 saturated heterocycles. The van der Waals surface area contributed by atoms with E-state index in [9.17, 15) is 18.0 Å². The topological polar surface area (TPSA) is 66.3 Å². The second-order valence-corrected chi connectivity index (χ2v) is 7.70. The van der Waals surface area contributed by atoms with Crippen molar-refractivity contribution in [1.29, 1.82) is 0 Å². The van der Waals surface area contributed by atoms with Gasteiger partial charge >= 0.3 is 5.97 Å². The Bertz CT molecular complexity index is 1050. The first kappa shape index (κ1) is 18.7. The fraction of sp³-hybridized carbons (Fsp3) is 0.316. The second kappa shape index (κ2) is 7.38. The number of carboxylic acids is 1. The molecule has 1 aromatic carbocycles. The highest BCUT2D eigenvalue weighted by molar-refractivity contribution is 7.17. The molecule has 0 spiro atoms. The van der Waals surface area contributed by atoms with E-state index in [1.54, 1.807) is 6.07 Å². The zero-order valence-corrected chi connectivity index (χ0v) is 15.5. The van der Waals surface area contributed by atoms with E-state index in [0.29, 0.717) is 43.3 Å². The Morgan fingerprint density at radius 2 is 1.86 bits per heavy atom. The molecule has 0 aliphatic carbocycles. The molecule has 28 heavy (non-hydrogen) atoms. The summed E-state index contributed by atoms with van der Waals surface area (Å²) in [5.41, 5.74) is 0.399. The maximum Gasteiger partial charge on any atom is 0.303 e. The van der Waals surface area contributed by atoms with Crippen LogP contribution in [0, 0.1) is 23.4 Å². The predicted molar refractivity (Wildman–Crippen MR) is 99.9 cm³/mol. The van der Waals surface area contributed by atoms with Gasteiger partial charge in [0.05, 0.1) is 15.8 Å². The molecule has 1 aliphatic heterocycles. The molecule has 1 fully saturated rings. The number of hydrogen-bond acceptors (Lipinski definition) is 5. The lowest BCUT2D eigenvalue weighted by Gasteiger charge is -2.32. The smallest absolute Gasteiger partial charge is 0.303 e. The van der Waals surface area contributed by atoms with E-state index in [1.807, 2.05) is 10.3 Å². The number of thiophene rings is 1. The van der Waals surface area contributed by atoms with Crippen molar-refractivity contribution in [3.8, 4) is 11.4 Å². The summed E-state index contributed by atoms with van der Waals surface area (Å²) in [4.78, 5) is 21.7. The average molecular weight is 407 g/mol. The van der Waals surface area contributed by atoms with E-state index in [-0.39, 0.29) is 23.7 Å². The first-order valence-electron chi connectivity index (χ1n) is 8.79. The van der Waals surface area contributed by atoms with Crippen LogP contribution in [0.25, 0.3) is 21.6 Å². The normalized spacial score (nSPS) is 15.3. The summed E-state index contributed by atoms with van der Waals surface area (Å²) in [5.74, 6) is -3.47. The minimum absolute atomic E-state index is 0.00930. The lowest BCUT2D eigenvalue weighted by atomic mass is 9.93. The number of nitrogens with zero attached hydrogens (tertiary/aromatic N) is 3. The van der Waals surface area contributed by atoms with Gasteiger partial charge < -0.3 is 10.0 Å². The number of piperidine rings is 1. The monoisotopic (exact) mass is 407 g/mol. The van der Waals surface area contributed by atoms with Gasteiger partial charge in [0.2, 0.25) is 0 Å². The molecule has 0 bridgehead atoms. The van der Waals surface area contributed by atoms with Crippen molar-refractivity contribution in [1.82, 2.24) is 9.97 Å². The van der Waals surface area contributed by atoms with Gasteiger partial charge in [-0.25, -0.2) is 23.1 Å². The van der Waals surface area contributed by atoms with Crippen molar-refractivity contribution in [3.63, 3.8) is 0 Å². The summed E-state index contributed by atoms with van der Waals surface area (Å²) < 4.78 is 42.0. The predicted octanol–water partition coefficient (Wildman–Crippen LogP) is 4.47. The molecule has 0 unspecified atom stereocenters. The average Bonchev–Trinajstić information content (AvgIpc) is 3.13. The number of halogens is 3. The number of rotatable bonds is 4. The van der Waals surface area contributed by atoms with Crippen molar-refractivity contribution in [2.75, 3.05) is 18.0 Å². The van der Waals surface area contributed by atoms with E-state index in [1.165, 1.54) is 11.3 Å². The van der Waals surface area contributed by atoms with Crippen LogP contribution in [-0.4, -0.2) is 34.1 Å². The van der Waals surface area contributed by atoms with Crippen LogP contribution in [0.5, 0.6) is 0 Å². The number of aliphatic carboxylic acids is 1. The van der Waals surface area contributed by atoms with Crippen molar-refractivity contribution in [3.05, 3.63) is 41.0 Å². The molecular weight excluding hydrogens is 391 g/mol. The first-order valence-corrected chi connectivity index (χ1v) is 9.67. The van der Waals surface area contributed by atoms with Crippen LogP contribution >= 0.6 is 11.3 Å². The molecule has 3 heterocycles. The number of hydrogen-bond donors (Lipinski definition) is 1. The Morgan fingerprint density at radius 3 is 2.57 bits per heavy atom. The van der Waals surface area contributed by atoms with E-state index in [2.05, 4.69) is 9.97 Å².